The van der Waals surface area contributed by atoms with Gasteiger partial charge in [0.25, 0.3) is 0 Å². The van der Waals surface area contributed by atoms with Crippen LogP contribution in [0.4, 0.5) is 5.69 Å². The Morgan fingerprint density at radius 3 is 2.37 bits per heavy atom. The number of carbonyl (C=O) groups is 2. The van der Waals surface area contributed by atoms with Gasteiger partial charge in [-0.3, -0.25) is 4.79 Å². The van der Waals surface area contributed by atoms with Crippen LogP contribution in [0.3, 0.4) is 0 Å². The third-order valence-corrected chi connectivity index (χ3v) is 5.05. The fourth-order valence-corrected chi connectivity index (χ4v) is 3.67. The number of hydrogen-bond acceptors (Lipinski definition) is 5. The van der Waals surface area contributed by atoms with Gasteiger partial charge < -0.3 is 10.1 Å². The maximum absolute atomic E-state index is 12.3. The lowest BCUT2D eigenvalue weighted by atomic mass is 10.1. The largest absolute Gasteiger partial charge is 0.459 e. The summed E-state index contributed by atoms with van der Waals surface area (Å²) < 4.78 is 29.8. The van der Waals surface area contributed by atoms with Crippen molar-refractivity contribution in [2.45, 2.75) is 32.6 Å². The van der Waals surface area contributed by atoms with Crippen LogP contribution in [0.5, 0.6) is 0 Å². The minimum Gasteiger partial charge on any atom is -0.459 e. The van der Waals surface area contributed by atoms with Crippen LogP contribution in [0.2, 0.25) is 0 Å². The zero-order valence-electron chi connectivity index (χ0n) is 15.6. The molecule has 7 heteroatoms. The van der Waals surface area contributed by atoms with E-state index in [9.17, 15) is 18.0 Å². The summed E-state index contributed by atoms with van der Waals surface area (Å²) in [5.41, 5.74) is 2.28. The molecule has 1 N–H and O–H groups in total. The monoisotopic (exact) mass is 389 g/mol. The quantitative estimate of drug-likeness (QED) is 0.735. The van der Waals surface area contributed by atoms with Crippen molar-refractivity contribution in [1.82, 2.24) is 0 Å². The predicted molar refractivity (Wildman–Crippen MR) is 104 cm³/mol. The maximum Gasteiger partial charge on any atom is 0.338 e. The summed E-state index contributed by atoms with van der Waals surface area (Å²) in [4.78, 5) is 24.0. The van der Waals surface area contributed by atoms with E-state index in [0.717, 1.165) is 5.56 Å². The van der Waals surface area contributed by atoms with Crippen LogP contribution >= 0.6 is 0 Å². The molecule has 27 heavy (non-hydrogen) atoms. The van der Waals surface area contributed by atoms with Crippen LogP contribution in [0.15, 0.2) is 48.5 Å². The molecule has 0 heterocycles. The van der Waals surface area contributed by atoms with Gasteiger partial charge in [0, 0.05) is 5.69 Å². The SMILES string of the molecule is Cc1ccc(NC(=O)CS(=O)(=O)Cc2cccc(C(=O)OC(C)C)c2)cc1. The summed E-state index contributed by atoms with van der Waals surface area (Å²) in [6.45, 7) is 5.39. The molecule has 0 atom stereocenters. The van der Waals surface area contributed by atoms with Gasteiger partial charge in [0.2, 0.25) is 5.91 Å². The van der Waals surface area contributed by atoms with Crippen molar-refractivity contribution < 1.29 is 22.7 Å². The number of ether oxygens (including phenoxy) is 1. The van der Waals surface area contributed by atoms with E-state index in [1.54, 1.807) is 44.2 Å². The first kappa shape index (κ1) is 20.6. The highest BCUT2D eigenvalue weighted by atomic mass is 32.2. The topological polar surface area (TPSA) is 89.5 Å². The molecule has 0 aliphatic rings. The second kappa shape index (κ2) is 8.81. The van der Waals surface area contributed by atoms with Gasteiger partial charge in [0.05, 0.1) is 17.4 Å². The summed E-state index contributed by atoms with van der Waals surface area (Å²) in [7, 11) is -3.69. The van der Waals surface area contributed by atoms with Crippen LogP contribution < -0.4 is 5.32 Å². The molecule has 2 aromatic carbocycles. The molecule has 0 saturated heterocycles. The number of carbonyl (C=O) groups excluding carboxylic acids is 2. The predicted octanol–water partition coefficient (Wildman–Crippen LogP) is 3.11. The second-order valence-corrected chi connectivity index (χ2v) is 8.67. The first-order chi connectivity index (χ1) is 12.6. The minimum atomic E-state index is -3.69. The van der Waals surface area contributed by atoms with E-state index in [1.165, 1.54) is 6.07 Å². The number of benzene rings is 2. The molecule has 0 radical (unpaired) electrons. The molecule has 144 valence electrons. The normalized spacial score (nSPS) is 11.3. The number of hydrogen-bond donors (Lipinski definition) is 1. The Hall–Kier alpha value is -2.67. The van der Waals surface area contributed by atoms with Gasteiger partial charge in [-0.2, -0.15) is 0 Å². The number of esters is 1. The summed E-state index contributed by atoms with van der Waals surface area (Å²) in [6.07, 6.45) is -0.268. The molecule has 0 bridgehead atoms. The fraction of sp³-hybridized carbons (Fsp3) is 0.300. The molecule has 2 aromatic rings. The Morgan fingerprint density at radius 2 is 1.74 bits per heavy atom. The Balaban J connectivity index is 2.02. The molecule has 0 aliphatic carbocycles. The highest BCUT2D eigenvalue weighted by Gasteiger charge is 2.19. The van der Waals surface area contributed by atoms with Crippen molar-refractivity contribution in [1.29, 1.82) is 0 Å². The van der Waals surface area contributed by atoms with Crippen LogP contribution in [0.1, 0.15) is 35.3 Å². The fourth-order valence-electron chi connectivity index (χ4n) is 2.41. The standard InChI is InChI=1S/C20H23NO5S/c1-14(2)26-20(23)17-6-4-5-16(11-17)12-27(24,25)13-19(22)21-18-9-7-15(3)8-10-18/h4-11,14H,12-13H2,1-3H3,(H,21,22). The van der Waals surface area contributed by atoms with Gasteiger partial charge in [-0.1, -0.05) is 29.8 Å². The maximum atomic E-state index is 12.3. The van der Waals surface area contributed by atoms with Crippen molar-refractivity contribution in [3.63, 3.8) is 0 Å². The smallest absolute Gasteiger partial charge is 0.338 e. The minimum absolute atomic E-state index is 0.268. The molecule has 0 aliphatic heterocycles. The number of nitrogens with one attached hydrogen (secondary N) is 1. The third kappa shape index (κ3) is 6.86. The lowest BCUT2D eigenvalue weighted by molar-refractivity contribution is -0.113. The van der Waals surface area contributed by atoms with Crippen molar-refractivity contribution in [3.05, 3.63) is 65.2 Å². The van der Waals surface area contributed by atoms with Gasteiger partial charge in [-0.05, 0) is 50.6 Å². The average Bonchev–Trinajstić information content (AvgIpc) is 2.55. The number of sulfone groups is 1. The number of aryl methyl sites for hydroxylation is 1. The molecule has 0 spiro atoms. The van der Waals surface area contributed by atoms with E-state index in [0.29, 0.717) is 11.3 Å². The van der Waals surface area contributed by atoms with Crippen molar-refractivity contribution in [3.8, 4) is 0 Å². The summed E-state index contributed by atoms with van der Waals surface area (Å²) in [6, 6.07) is 13.3. The van der Waals surface area contributed by atoms with Gasteiger partial charge in [0.15, 0.2) is 9.84 Å². The highest BCUT2D eigenvalue weighted by Crippen LogP contribution is 2.13. The lowest BCUT2D eigenvalue weighted by Crippen LogP contribution is -2.24. The van der Waals surface area contributed by atoms with E-state index < -0.39 is 27.5 Å². The molecule has 1 amide bonds. The first-order valence-electron chi connectivity index (χ1n) is 8.51. The molecule has 0 aromatic heterocycles. The van der Waals surface area contributed by atoms with Crippen molar-refractivity contribution in [2.75, 3.05) is 11.1 Å². The highest BCUT2D eigenvalue weighted by molar-refractivity contribution is 7.91. The van der Waals surface area contributed by atoms with Crippen molar-refractivity contribution in [2.24, 2.45) is 0 Å². The Kier molecular flexibility index (Phi) is 6.74. The zero-order valence-corrected chi connectivity index (χ0v) is 16.4. The van der Waals surface area contributed by atoms with E-state index in [1.807, 2.05) is 19.1 Å². The zero-order chi connectivity index (χ0) is 20.0. The molecule has 0 unspecified atom stereocenters. The van der Waals surface area contributed by atoms with E-state index >= 15 is 0 Å². The molecule has 6 nitrogen and oxygen atoms in total. The Bertz CT molecular complexity index is 918. The summed E-state index contributed by atoms with van der Waals surface area (Å²) in [5, 5.41) is 2.57. The number of amides is 1. The van der Waals surface area contributed by atoms with Crippen LogP contribution in [-0.2, 0) is 25.1 Å². The lowest BCUT2D eigenvalue weighted by Gasteiger charge is -2.10. The summed E-state index contributed by atoms with van der Waals surface area (Å²) in [5.74, 6) is -2.09. The van der Waals surface area contributed by atoms with E-state index in [-0.39, 0.29) is 17.4 Å². The molecular formula is C20H23NO5S. The van der Waals surface area contributed by atoms with Crippen LogP contribution in [0, 0.1) is 6.92 Å². The van der Waals surface area contributed by atoms with E-state index in [2.05, 4.69) is 5.32 Å². The van der Waals surface area contributed by atoms with Gasteiger partial charge in [-0.15, -0.1) is 0 Å². The Morgan fingerprint density at radius 1 is 1.07 bits per heavy atom. The van der Waals surface area contributed by atoms with Crippen LogP contribution in [0.25, 0.3) is 0 Å². The number of anilines is 1. The van der Waals surface area contributed by atoms with Gasteiger partial charge in [0.1, 0.15) is 5.75 Å². The van der Waals surface area contributed by atoms with Gasteiger partial charge in [-0.25, -0.2) is 13.2 Å². The third-order valence-electron chi connectivity index (χ3n) is 3.58. The second-order valence-electron chi connectivity index (χ2n) is 6.60. The van der Waals surface area contributed by atoms with Crippen molar-refractivity contribution >= 4 is 27.4 Å². The van der Waals surface area contributed by atoms with E-state index in [4.69, 9.17) is 4.74 Å². The molecule has 2 rings (SSSR count). The molecule has 0 saturated carbocycles. The first-order valence-corrected chi connectivity index (χ1v) is 10.3. The summed E-state index contributed by atoms with van der Waals surface area (Å²) >= 11 is 0. The number of rotatable bonds is 7. The molecule has 0 fully saturated rings. The molecular weight excluding hydrogens is 366 g/mol. The average molecular weight is 389 g/mol. The van der Waals surface area contributed by atoms with Crippen LogP contribution in [-0.4, -0.2) is 32.2 Å². The Labute approximate surface area is 159 Å². The van der Waals surface area contributed by atoms with Gasteiger partial charge >= 0.3 is 5.97 Å².